The number of methoxy groups -OCH3 is 1. The van der Waals surface area contributed by atoms with Gasteiger partial charge in [0.2, 0.25) is 0 Å². The van der Waals surface area contributed by atoms with Gasteiger partial charge in [-0.15, -0.1) is 0 Å². The quantitative estimate of drug-likeness (QED) is 0.735. The Balaban J connectivity index is 2.87. The first-order valence-corrected chi connectivity index (χ1v) is 5.51. The molecule has 0 N–H and O–H groups in total. The summed E-state index contributed by atoms with van der Waals surface area (Å²) in [7, 11) is 3.32. The summed E-state index contributed by atoms with van der Waals surface area (Å²) in [5.74, 6) is -0.0181. The third-order valence-electron chi connectivity index (χ3n) is 2.70. The number of nitrogens with zero attached hydrogens (tertiary/aromatic N) is 1. The Bertz CT molecular complexity index is 340. The van der Waals surface area contributed by atoms with Gasteiger partial charge in [-0.1, -0.05) is 25.5 Å². The van der Waals surface area contributed by atoms with Crippen molar-refractivity contribution in [3.63, 3.8) is 0 Å². The number of rotatable bonds is 3. The maximum atomic E-state index is 11.7. The molecule has 0 fully saturated rings. The van der Waals surface area contributed by atoms with E-state index in [0.29, 0.717) is 0 Å². The molecule has 1 aliphatic rings. The zero-order valence-corrected chi connectivity index (χ0v) is 10.8. The summed E-state index contributed by atoms with van der Waals surface area (Å²) in [5, 5.41) is 0. The van der Waals surface area contributed by atoms with E-state index in [1.54, 1.807) is 11.9 Å². The molecule has 0 saturated carbocycles. The van der Waals surface area contributed by atoms with Crippen LogP contribution in [0, 0.1) is 5.41 Å². The number of likely N-dealkylation sites (N-methyl/N-ethyl adjacent to an activating group) is 1. The van der Waals surface area contributed by atoms with Gasteiger partial charge in [-0.05, 0) is 24.8 Å². The van der Waals surface area contributed by atoms with Crippen molar-refractivity contribution in [3.8, 4) is 0 Å². The highest BCUT2D eigenvalue weighted by Crippen LogP contribution is 2.33. The molecular weight excluding hydrogens is 202 g/mol. The van der Waals surface area contributed by atoms with Gasteiger partial charge in [-0.25, -0.2) is 0 Å². The highest BCUT2D eigenvalue weighted by Gasteiger charge is 2.23. The number of hydrogen-bond acceptors (Lipinski definition) is 2. The normalized spacial score (nSPS) is 18.8. The predicted molar refractivity (Wildman–Crippen MR) is 64.9 cm³/mol. The summed E-state index contributed by atoms with van der Waals surface area (Å²) in [4.78, 5) is 13.4. The number of ether oxygens (including phenoxy) is 1. The van der Waals surface area contributed by atoms with Gasteiger partial charge in [-0.3, -0.25) is 4.79 Å². The van der Waals surface area contributed by atoms with E-state index >= 15 is 0 Å². The van der Waals surface area contributed by atoms with Gasteiger partial charge in [0.1, 0.15) is 6.61 Å². The first-order valence-electron chi connectivity index (χ1n) is 5.51. The second-order valence-electron chi connectivity index (χ2n) is 5.11. The average Bonchev–Trinajstić information content (AvgIpc) is 2.13. The van der Waals surface area contributed by atoms with Gasteiger partial charge in [-0.2, -0.15) is 0 Å². The van der Waals surface area contributed by atoms with Crippen LogP contribution in [-0.2, 0) is 9.53 Å². The average molecular weight is 223 g/mol. The van der Waals surface area contributed by atoms with Crippen LogP contribution in [0.2, 0.25) is 0 Å². The van der Waals surface area contributed by atoms with Crippen LogP contribution in [-0.4, -0.2) is 31.6 Å². The van der Waals surface area contributed by atoms with Crippen LogP contribution >= 0.6 is 0 Å². The van der Waals surface area contributed by atoms with Crippen LogP contribution in [0.5, 0.6) is 0 Å². The number of allylic oxidation sites excluding steroid dienone is 3. The molecule has 0 unspecified atom stereocenters. The molecule has 0 saturated heterocycles. The molecule has 16 heavy (non-hydrogen) atoms. The van der Waals surface area contributed by atoms with Crippen molar-refractivity contribution in [3.05, 3.63) is 23.4 Å². The number of hydrogen-bond donors (Lipinski definition) is 0. The fraction of sp³-hybridized carbons (Fsp3) is 0.615. The van der Waals surface area contributed by atoms with Crippen LogP contribution in [0.3, 0.4) is 0 Å². The minimum Gasteiger partial charge on any atom is -0.375 e. The number of carbonyl (C=O) groups excluding carboxylic acids is 1. The van der Waals surface area contributed by atoms with Gasteiger partial charge < -0.3 is 9.64 Å². The van der Waals surface area contributed by atoms with E-state index in [-0.39, 0.29) is 17.9 Å². The third kappa shape index (κ3) is 3.20. The molecule has 3 heteroatoms. The Labute approximate surface area is 97.8 Å². The summed E-state index contributed by atoms with van der Waals surface area (Å²) in [6.45, 7) is 6.58. The molecule has 0 heterocycles. The lowest BCUT2D eigenvalue weighted by Gasteiger charge is -2.30. The molecule has 0 bridgehead atoms. The van der Waals surface area contributed by atoms with E-state index in [4.69, 9.17) is 4.74 Å². The standard InChI is InChI=1S/C13H21NO2/c1-10-6-11(8-13(2,3)7-10)14(4)12(15)9-16-5/h6,8H,7,9H2,1-5H3. The topological polar surface area (TPSA) is 29.5 Å². The fourth-order valence-corrected chi connectivity index (χ4v) is 2.07. The molecule has 0 aromatic carbocycles. The number of amides is 1. The second kappa shape index (κ2) is 4.83. The minimum atomic E-state index is -0.0181. The van der Waals surface area contributed by atoms with E-state index in [1.165, 1.54) is 12.7 Å². The van der Waals surface area contributed by atoms with Crippen molar-refractivity contribution in [2.75, 3.05) is 20.8 Å². The fourth-order valence-electron chi connectivity index (χ4n) is 2.07. The Morgan fingerprint density at radius 3 is 2.69 bits per heavy atom. The molecule has 0 aliphatic heterocycles. The van der Waals surface area contributed by atoms with Crippen molar-refractivity contribution < 1.29 is 9.53 Å². The maximum Gasteiger partial charge on any atom is 0.252 e. The zero-order chi connectivity index (χ0) is 12.3. The molecule has 1 aliphatic carbocycles. The van der Waals surface area contributed by atoms with Crippen LogP contribution < -0.4 is 0 Å². The first-order chi connectivity index (χ1) is 7.35. The van der Waals surface area contributed by atoms with Crippen molar-refractivity contribution in [1.29, 1.82) is 0 Å². The molecule has 3 nitrogen and oxygen atoms in total. The Kier molecular flexibility index (Phi) is 3.92. The summed E-state index contributed by atoms with van der Waals surface area (Å²) in [6, 6.07) is 0. The van der Waals surface area contributed by atoms with Crippen molar-refractivity contribution in [1.82, 2.24) is 4.90 Å². The lowest BCUT2D eigenvalue weighted by atomic mass is 9.81. The van der Waals surface area contributed by atoms with Crippen LogP contribution in [0.15, 0.2) is 23.4 Å². The molecule has 0 spiro atoms. The Hall–Kier alpha value is -1.09. The lowest BCUT2D eigenvalue weighted by molar-refractivity contribution is -0.131. The monoisotopic (exact) mass is 223 g/mol. The van der Waals surface area contributed by atoms with Crippen LogP contribution in [0.4, 0.5) is 0 Å². The van der Waals surface area contributed by atoms with E-state index in [2.05, 4.69) is 32.9 Å². The lowest BCUT2D eigenvalue weighted by Crippen LogP contribution is -2.31. The molecule has 90 valence electrons. The summed E-state index contributed by atoms with van der Waals surface area (Å²) >= 11 is 0. The highest BCUT2D eigenvalue weighted by molar-refractivity contribution is 5.79. The van der Waals surface area contributed by atoms with Crippen LogP contribution in [0.25, 0.3) is 0 Å². The molecule has 0 aromatic heterocycles. The van der Waals surface area contributed by atoms with E-state index in [0.717, 1.165) is 12.1 Å². The summed E-state index contributed by atoms with van der Waals surface area (Å²) in [5.41, 5.74) is 2.39. The van der Waals surface area contributed by atoms with E-state index in [1.807, 2.05) is 0 Å². The second-order valence-corrected chi connectivity index (χ2v) is 5.11. The summed E-state index contributed by atoms with van der Waals surface area (Å²) < 4.78 is 4.86. The third-order valence-corrected chi connectivity index (χ3v) is 2.70. The Morgan fingerprint density at radius 2 is 2.19 bits per heavy atom. The molecule has 0 aromatic rings. The van der Waals surface area contributed by atoms with Crippen LogP contribution in [0.1, 0.15) is 27.2 Å². The molecule has 1 amide bonds. The van der Waals surface area contributed by atoms with Crippen molar-refractivity contribution in [2.24, 2.45) is 5.41 Å². The first kappa shape index (κ1) is 13.0. The zero-order valence-electron chi connectivity index (χ0n) is 10.8. The maximum absolute atomic E-state index is 11.7. The van der Waals surface area contributed by atoms with Gasteiger partial charge in [0.25, 0.3) is 5.91 Å². The van der Waals surface area contributed by atoms with Crippen molar-refractivity contribution >= 4 is 5.91 Å². The SMILES string of the molecule is COCC(=O)N(C)C1=CC(C)(C)CC(C)=C1. The molecule has 1 rings (SSSR count). The smallest absolute Gasteiger partial charge is 0.252 e. The van der Waals surface area contributed by atoms with Gasteiger partial charge in [0.15, 0.2) is 0 Å². The molecule has 0 atom stereocenters. The Morgan fingerprint density at radius 1 is 1.56 bits per heavy atom. The highest BCUT2D eigenvalue weighted by atomic mass is 16.5. The molecule has 0 radical (unpaired) electrons. The van der Waals surface area contributed by atoms with Crippen molar-refractivity contribution in [2.45, 2.75) is 27.2 Å². The minimum absolute atomic E-state index is 0.0181. The largest absolute Gasteiger partial charge is 0.375 e. The van der Waals surface area contributed by atoms with E-state index in [9.17, 15) is 4.79 Å². The number of carbonyl (C=O) groups is 1. The summed E-state index contributed by atoms with van der Waals surface area (Å²) in [6.07, 6.45) is 5.26. The predicted octanol–water partition coefficient (Wildman–Crippen LogP) is 2.35. The van der Waals surface area contributed by atoms with E-state index < -0.39 is 0 Å². The molecular formula is C13H21NO2. The van der Waals surface area contributed by atoms with Gasteiger partial charge >= 0.3 is 0 Å². The van der Waals surface area contributed by atoms with Gasteiger partial charge in [0, 0.05) is 19.9 Å². The van der Waals surface area contributed by atoms with Gasteiger partial charge in [0.05, 0.1) is 0 Å².